The highest BCUT2D eigenvalue weighted by molar-refractivity contribution is 7.91. The third-order valence-corrected chi connectivity index (χ3v) is 4.96. The van der Waals surface area contributed by atoms with E-state index >= 15 is 0 Å². The molecule has 1 aromatic heterocycles. The molecule has 2 aromatic rings. The summed E-state index contributed by atoms with van der Waals surface area (Å²) in [5.41, 5.74) is 7.40. The molecule has 2 N–H and O–H groups in total. The van der Waals surface area contributed by atoms with Crippen LogP contribution in [0.2, 0.25) is 0 Å². The molecule has 0 bridgehead atoms. The molecular formula is C15H20N2O3S. The molecule has 0 amide bonds. The van der Waals surface area contributed by atoms with E-state index in [4.69, 9.17) is 10.2 Å². The number of nitrogens with zero attached hydrogens (tertiary/aromatic N) is 1. The van der Waals surface area contributed by atoms with Gasteiger partial charge in [-0.2, -0.15) is 0 Å². The summed E-state index contributed by atoms with van der Waals surface area (Å²) in [7, 11) is -1.40. The molecule has 0 saturated carbocycles. The molecule has 114 valence electrons. The average Bonchev–Trinajstić information content (AvgIpc) is 2.98. The zero-order valence-electron chi connectivity index (χ0n) is 12.0. The van der Waals surface area contributed by atoms with Crippen molar-refractivity contribution in [3.05, 3.63) is 54.0 Å². The zero-order chi connectivity index (χ0) is 15.3. The van der Waals surface area contributed by atoms with Crippen LogP contribution < -0.4 is 5.73 Å². The Morgan fingerprint density at radius 3 is 2.71 bits per heavy atom. The predicted octanol–water partition coefficient (Wildman–Crippen LogP) is 1.64. The smallest absolute Gasteiger partial charge is 0.179 e. The van der Waals surface area contributed by atoms with Gasteiger partial charge in [0, 0.05) is 25.2 Å². The quantitative estimate of drug-likeness (QED) is 0.841. The first-order chi connectivity index (χ1) is 10.0. The van der Waals surface area contributed by atoms with E-state index in [9.17, 15) is 8.42 Å². The van der Waals surface area contributed by atoms with E-state index in [0.29, 0.717) is 24.5 Å². The predicted molar refractivity (Wildman–Crippen MR) is 81.4 cm³/mol. The molecule has 0 unspecified atom stereocenters. The second-order valence-electron chi connectivity index (χ2n) is 5.04. The molecule has 6 heteroatoms. The molecule has 0 aliphatic heterocycles. The SMILES string of the molecule is CN(CCS(=O)(=O)c1cccc(CN)c1)Cc1ccoc1. The number of sulfone groups is 1. The molecule has 5 nitrogen and oxygen atoms in total. The van der Waals surface area contributed by atoms with Crippen LogP contribution in [0, 0.1) is 0 Å². The van der Waals surface area contributed by atoms with E-state index in [1.54, 1.807) is 30.7 Å². The lowest BCUT2D eigenvalue weighted by Crippen LogP contribution is -2.25. The minimum absolute atomic E-state index is 0.0787. The lowest BCUT2D eigenvalue weighted by molar-refractivity contribution is 0.344. The largest absolute Gasteiger partial charge is 0.472 e. The van der Waals surface area contributed by atoms with Gasteiger partial charge in [-0.15, -0.1) is 0 Å². The summed E-state index contributed by atoms with van der Waals surface area (Å²) < 4.78 is 29.6. The lowest BCUT2D eigenvalue weighted by atomic mass is 10.2. The first-order valence-corrected chi connectivity index (χ1v) is 8.38. The molecule has 0 aliphatic carbocycles. The number of rotatable bonds is 7. The van der Waals surface area contributed by atoms with Crippen LogP contribution in [-0.2, 0) is 22.9 Å². The van der Waals surface area contributed by atoms with Gasteiger partial charge in [-0.25, -0.2) is 8.42 Å². The molecule has 0 fully saturated rings. The fraction of sp³-hybridized carbons (Fsp3) is 0.333. The Balaban J connectivity index is 1.97. The maximum Gasteiger partial charge on any atom is 0.179 e. The van der Waals surface area contributed by atoms with E-state index in [0.717, 1.165) is 11.1 Å². The third-order valence-electron chi connectivity index (χ3n) is 3.27. The first-order valence-electron chi connectivity index (χ1n) is 6.72. The van der Waals surface area contributed by atoms with Crippen molar-refractivity contribution in [2.24, 2.45) is 5.73 Å². The fourth-order valence-corrected chi connectivity index (χ4v) is 3.44. The summed E-state index contributed by atoms with van der Waals surface area (Å²) in [5.74, 6) is 0.0787. The molecule has 2 rings (SSSR count). The maximum atomic E-state index is 12.3. The molecule has 0 aliphatic rings. The van der Waals surface area contributed by atoms with Crippen molar-refractivity contribution < 1.29 is 12.8 Å². The molecular weight excluding hydrogens is 288 g/mol. The van der Waals surface area contributed by atoms with E-state index in [1.165, 1.54) is 0 Å². The number of hydrogen-bond donors (Lipinski definition) is 1. The Morgan fingerprint density at radius 1 is 1.24 bits per heavy atom. The zero-order valence-corrected chi connectivity index (χ0v) is 12.8. The summed E-state index contributed by atoms with van der Waals surface area (Å²) in [5, 5.41) is 0. The Bertz CT molecular complexity index is 666. The van der Waals surface area contributed by atoms with Gasteiger partial charge in [0.05, 0.1) is 23.2 Å². The highest BCUT2D eigenvalue weighted by Gasteiger charge is 2.15. The molecule has 21 heavy (non-hydrogen) atoms. The topological polar surface area (TPSA) is 76.5 Å². The maximum absolute atomic E-state index is 12.3. The molecule has 1 aromatic carbocycles. The first kappa shape index (κ1) is 15.8. The van der Waals surface area contributed by atoms with Crippen LogP contribution in [0.4, 0.5) is 0 Å². The van der Waals surface area contributed by atoms with Gasteiger partial charge in [-0.3, -0.25) is 0 Å². The van der Waals surface area contributed by atoms with Crippen molar-refractivity contribution in [1.82, 2.24) is 4.90 Å². The Labute approximate surface area is 125 Å². The Kier molecular flexibility index (Phi) is 5.17. The summed E-state index contributed by atoms with van der Waals surface area (Å²) in [6.45, 7) is 1.46. The minimum atomic E-state index is -3.29. The van der Waals surface area contributed by atoms with Crippen LogP contribution >= 0.6 is 0 Å². The van der Waals surface area contributed by atoms with Gasteiger partial charge < -0.3 is 15.1 Å². The van der Waals surface area contributed by atoms with Gasteiger partial charge in [-0.05, 0) is 30.8 Å². The fourth-order valence-electron chi connectivity index (χ4n) is 2.03. The van der Waals surface area contributed by atoms with E-state index in [1.807, 2.05) is 24.1 Å². The van der Waals surface area contributed by atoms with Gasteiger partial charge in [0.25, 0.3) is 0 Å². The van der Waals surface area contributed by atoms with Crippen molar-refractivity contribution in [2.45, 2.75) is 18.0 Å². The lowest BCUT2D eigenvalue weighted by Gasteiger charge is -2.15. The summed E-state index contributed by atoms with van der Waals surface area (Å²) >= 11 is 0. The van der Waals surface area contributed by atoms with Gasteiger partial charge >= 0.3 is 0 Å². The van der Waals surface area contributed by atoms with Gasteiger partial charge in [0.1, 0.15) is 0 Å². The van der Waals surface area contributed by atoms with Crippen LogP contribution in [0.1, 0.15) is 11.1 Å². The summed E-state index contributed by atoms with van der Waals surface area (Å²) in [4.78, 5) is 2.29. The highest BCUT2D eigenvalue weighted by Crippen LogP contribution is 2.14. The molecule has 0 radical (unpaired) electrons. The highest BCUT2D eigenvalue weighted by atomic mass is 32.2. The van der Waals surface area contributed by atoms with Crippen LogP contribution in [0.15, 0.2) is 52.2 Å². The molecule has 0 atom stereocenters. The molecule has 0 spiro atoms. The number of nitrogens with two attached hydrogens (primary N) is 1. The van der Waals surface area contributed by atoms with E-state index < -0.39 is 9.84 Å². The van der Waals surface area contributed by atoms with E-state index in [-0.39, 0.29) is 5.75 Å². The molecule has 1 heterocycles. The van der Waals surface area contributed by atoms with Crippen molar-refractivity contribution >= 4 is 9.84 Å². The van der Waals surface area contributed by atoms with Crippen LogP contribution in [-0.4, -0.2) is 32.7 Å². The Morgan fingerprint density at radius 2 is 2.05 bits per heavy atom. The minimum Gasteiger partial charge on any atom is -0.472 e. The number of hydrogen-bond acceptors (Lipinski definition) is 5. The number of furan rings is 1. The molecule has 0 saturated heterocycles. The standard InChI is InChI=1S/C15H20N2O3S/c1-17(11-14-5-7-20-12-14)6-8-21(18,19)15-4-2-3-13(9-15)10-16/h2-5,7,9,12H,6,8,10-11,16H2,1H3. The van der Waals surface area contributed by atoms with E-state index in [2.05, 4.69) is 0 Å². The van der Waals surface area contributed by atoms with Crippen molar-refractivity contribution in [3.8, 4) is 0 Å². The average molecular weight is 308 g/mol. The number of benzene rings is 1. The van der Waals surface area contributed by atoms with Gasteiger partial charge in [0.15, 0.2) is 9.84 Å². The van der Waals surface area contributed by atoms with Crippen LogP contribution in [0.3, 0.4) is 0 Å². The van der Waals surface area contributed by atoms with Crippen molar-refractivity contribution in [3.63, 3.8) is 0 Å². The Hall–Kier alpha value is -1.63. The second-order valence-corrected chi connectivity index (χ2v) is 7.15. The second kappa shape index (κ2) is 6.89. The van der Waals surface area contributed by atoms with Crippen molar-refractivity contribution in [2.75, 3.05) is 19.3 Å². The summed E-state index contributed by atoms with van der Waals surface area (Å²) in [6, 6.07) is 8.68. The van der Waals surface area contributed by atoms with Crippen LogP contribution in [0.25, 0.3) is 0 Å². The normalized spacial score (nSPS) is 12.0. The van der Waals surface area contributed by atoms with Gasteiger partial charge in [0.2, 0.25) is 0 Å². The van der Waals surface area contributed by atoms with Crippen molar-refractivity contribution in [1.29, 1.82) is 0 Å². The summed E-state index contributed by atoms with van der Waals surface area (Å²) in [6.07, 6.45) is 3.27. The monoisotopic (exact) mass is 308 g/mol. The van der Waals surface area contributed by atoms with Crippen LogP contribution in [0.5, 0.6) is 0 Å². The third kappa shape index (κ3) is 4.42. The van der Waals surface area contributed by atoms with Gasteiger partial charge in [-0.1, -0.05) is 12.1 Å².